The molecule has 1 aliphatic rings. The van der Waals surface area contributed by atoms with Crippen LogP contribution in [0.3, 0.4) is 0 Å². The summed E-state index contributed by atoms with van der Waals surface area (Å²) in [6, 6.07) is 0.0324. The second-order valence-electron chi connectivity index (χ2n) is 1.77. The molecule has 50 valence electrons. The molecule has 0 aromatic rings. The van der Waals surface area contributed by atoms with Gasteiger partial charge in [-0.15, -0.1) is 17.0 Å². The predicted molar refractivity (Wildman–Crippen MR) is 41.6 cm³/mol. The van der Waals surface area contributed by atoms with Gasteiger partial charge < -0.3 is 10.8 Å². The first-order chi connectivity index (χ1) is 3.30. The van der Waals surface area contributed by atoms with E-state index < -0.39 is 0 Å². The summed E-state index contributed by atoms with van der Waals surface area (Å²) in [7, 11) is 0. The van der Waals surface area contributed by atoms with Crippen LogP contribution in [-0.2, 0) is 0 Å². The number of aliphatic hydroxyl groups is 1. The van der Waals surface area contributed by atoms with Crippen LogP contribution in [0, 0.1) is 0 Å². The van der Waals surface area contributed by atoms with E-state index in [0.717, 1.165) is 11.5 Å². The second kappa shape index (κ2) is 3.71. The van der Waals surface area contributed by atoms with E-state index in [9.17, 15) is 0 Å². The van der Waals surface area contributed by atoms with Crippen molar-refractivity contribution in [2.24, 2.45) is 5.73 Å². The normalized spacial score (nSPS) is 36.8. The highest BCUT2D eigenvalue weighted by molar-refractivity contribution is 8.93. The van der Waals surface area contributed by atoms with Crippen LogP contribution in [0.15, 0.2) is 0 Å². The van der Waals surface area contributed by atoms with E-state index >= 15 is 0 Å². The third kappa shape index (κ3) is 1.93. The van der Waals surface area contributed by atoms with E-state index in [4.69, 9.17) is 10.8 Å². The molecular formula is C4H10BrNOS. The third-order valence-corrected chi connectivity index (χ3v) is 2.29. The van der Waals surface area contributed by atoms with Gasteiger partial charge in [0.1, 0.15) is 0 Å². The first-order valence-corrected chi connectivity index (χ1v) is 3.47. The van der Waals surface area contributed by atoms with E-state index in [2.05, 4.69) is 0 Å². The lowest BCUT2D eigenvalue weighted by atomic mass is 10.2. The van der Waals surface area contributed by atoms with Gasteiger partial charge in [0.05, 0.1) is 6.10 Å². The van der Waals surface area contributed by atoms with Gasteiger partial charge >= 0.3 is 0 Å². The van der Waals surface area contributed by atoms with Gasteiger partial charge in [0.25, 0.3) is 0 Å². The average molecular weight is 200 g/mol. The van der Waals surface area contributed by atoms with Crippen molar-refractivity contribution in [3.05, 3.63) is 0 Å². The van der Waals surface area contributed by atoms with Crippen LogP contribution in [0.25, 0.3) is 0 Å². The molecule has 1 rings (SSSR count). The summed E-state index contributed by atoms with van der Waals surface area (Å²) in [5, 5.41) is 8.85. The van der Waals surface area contributed by atoms with Crippen molar-refractivity contribution in [1.82, 2.24) is 0 Å². The molecule has 0 amide bonds. The lowest BCUT2D eigenvalue weighted by Gasteiger charge is -2.03. The van der Waals surface area contributed by atoms with Crippen molar-refractivity contribution < 1.29 is 5.11 Å². The monoisotopic (exact) mass is 199 g/mol. The van der Waals surface area contributed by atoms with Gasteiger partial charge in [-0.1, -0.05) is 0 Å². The van der Waals surface area contributed by atoms with Crippen LogP contribution in [0.1, 0.15) is 0 Å². The Kier molecular flexibility index (Phi) is 4.06. The second-order valence-corrected chi connectivity index (χ2v) is 2.84. The fourth-order valence-corrected chi connectivity index (χ4v) is 1.68. The molecule has 0 aromatic carbocycles. The summed E-state index contributed by atoms with van der Waals surface area (Å²) >= 11 is 1.72. The van der Waals surface area contributed by atoms with E-state index in [0.29, 0.717) is 0 Å². The Balaban J connectivity index is 0.000000490. The Bertz CT molecular complexity index is 65.1. The molecule has 0 aromatic heterocycles. The molecule has 0 spiro atoms. The highest BCUT2D eigenvalue weighted by Gasteiger charge is 2.20. The summed E-state index contributed by atoms with van der Waals surface area (Å²) in [6.07, 6.45) is -0.245. The maximum Gasteiger partial charge on any atom is 0.0789 e. The van der Waals surface area contributed by atoms with Crippen molar-refractivity contribution in [1.29, 1.82) is 0 Å². The van der Waals surface area contributed by atoms with E-state index in [1.165, 1.54) is 0 Å². The Morgan fingerprint density at radius 3 is 2.25 bits per heavy atom. The number of halogens is 1. The highest BCUT2D eigenvalue weighted by Crippen LogP contribution is 2.15. The Hall–Kier alpha value is 0.750. The number of nitrogens with two attached hydrogens (primary N) is 1. The number of thioether (sulfide) groups is 1. The van der Waals surface area contributed by atoms with Crippen molar-refractivity contribution in [3.8, 4) is 0 Å². The molecule has 8 heavy (non-hydrogen) atoms. The molecule has 2 atom stereocenters. The van der Waals surface area contributed by atoms with E-state index in [-0.39, 0.29) is 29.1 Å². The van der Waals surface area contributed by atoms with Gasteiger partial charge in [0, 0.05) is 17.5 Å². The zero-order valence-corrected chi connectivity index (χ0v) is 6.94. The number of rotatable bonds is 0. The van der Waals surface area contributed by atoms with Gasteiger partial charge in [0.2, 0.25) is 0 Å². The molecule has 1 aliphatic heterocycles. The summed E-state index contributed by atoms with van der Waals surface area (Å²) < 4.78 is 0. The van der Waals surface area contributed by atoms with Crippen molar-refractivity contribution in [2.45, 2.75) is 12.1 Å². The minimum atomic E-state index is -0.245. The van der Waals surface area contributed by atoms with Crippen molar-refractivity contribution in [2.75, 3.05) is 11.5 Å². The maximum absolute atomic E-state index is 8.85. The molecule has 1 heterocycles. The van der Waals surface area contributed by atoms with Gasteiger partial charge in [-0.25, -0.2) is 0 Å². The lowest BCUT2D eigenvalue weighted by molar-refractivity contribution is 0.183. The number of hydrogen-bond acceptors (Lipinski definition) is 3. The molecule has 0 aliphatic carbocycles. The molecule has 0 radical (unpaired) electrons. The Morgan fingerprint density at radius 1 is 1.50 bits per heavy atom. The van der Waals surface area contributed by atoms with E-state index in [1.54, 1.807) is 11.8 Å². The molecule has 0 bridgehead atoms. The summed E-state index contributed by atoms with van der Waals surface area (Å²) in [5.41, 5.74) is 5.41. The highest BCUT2D eigenvalue weighted by atomic mass is 79.9. The van der Waals surface area contributed by atoms with Gasteiger partial charge in [-0.3, -0.25) is 0 Å². The first-order valence-electron chi connectivity index (χ1n) is 2.32. The van der Waals surface area contributed by atoms with Gasteiger partial charge in [-0.2, -0.15) is 11.8 Å². The topological polar surface area (TPSA) is 46.2 Å². The van der Waals surface area contributed by atoms with Crippen LogP contribution in [0.4, 0.5) is 0 Å². The zero-order valence-electron chi connectivity index (χ0n) is 4.41. The summed E-state index contributed by atoms with van der Waals surface area (Å²) in [6.45, 7) is 0. The molecule has 3 N–H and O–H groups in total. The molecule has 1 fully saturated rings. The molecule has 4 heteroatoms. The SMILES string of the molecule is Br.NC1CSCC1O. The summed E-state index contributed by atoms with van der Waals surface area (Å²) in [4.78, 5) is 0. The smallest absolute Gasteiger partial charge is 0.0789 e. The minimum Gasteiger partial charge on any atom is -0.391 e. The first kappa shape index (κ1) is 8.75. The molecule has 2 unspecified atom stereocenters. The number of aliphatic hydroxyl groups excluding tert-OH is 1. The zero-order chi connectivity index (χ0) is 5.28. The standard InChI is InChI=1S/C4H9NOS.BrH/c5-3-1-7-2-4(3)6;/h3-4,6H,1-2,5H2;1H. The quantitative estimate of drug-likeness (QED) is 0.578. The Morgan fingerprint density at radius 2 is 2.12 bits per heavy atom. The molecule has 0 saturated carbocycles. The fraction of sp³-hybridized carbons (Fsp3) is 1.00. The number of hydrogen-bond donors (Lipinski definition) is 2. The minimum absolute atomic E-state index is 0. The molecular weight excluding hydrogens is 190 g/mol. The average Bonchev–Trinajstić information content (AvgIpc) is 1.91. The largest absolute Gasteiger partial charge is 0.391 e. The van der Waals surface area contributed by atoms with Crippen LogP contribution in [0.5, 0.6) is 0 Å². The maximum atomic E-state index is 8.85. The van der Waals surface area contributed by atoms with Crippen LogP contribution >= 0.6 is 28.7 Å². The molecule has 1 saturated heterocycles. The fourth-order valence-electron chi connectivity index (χ4n) is 0.560. The van der Waals surface area contributed by atoms with Crippen LogP contribution in [0.2, 0.25) is 0 Å². The van der Waals surface area contributed by atoms with Crippen molar-refractivity contribution >= 4 is 28.7 Å². The van der Waals surface area contributed by atoms with E-state index in [1.807, 2.05) is 0 Å². The lowest BCUT2D eigenvalue weighted by Crippen LogP contribution is -2.32. The third-order valence-electron chi connectivity index (χ3n) is 1.09. The van der Waals surface area contributed by atoms with Gasteiger partial charge in [-0.05, 0) is 0 Å². The van der Waals surface area contributed by atoms with Crippen LogP contribution < -0.4 is 5.73 Å². The predicted octanol–water partition coefficient (Wildman–Crippen LogP) is -0.000700. The van der Waals surface area contributed by atoms with Crippen molar-refractivity contribution in [3.63, 3.8) is 0 Å². The Labute approximate surface area is 63.6 Å². The molecule has 2 nitrogen and oxygen atoms in total. The van der Waals surface area contributed by atoms with Crippen LogP contribution in [-0.4, -0.2) is 28.8 Å². The van der Waals surface area contributed by atoms with Gasteiger partial charge in [0.15, 0.2) is 0 Å². The summed E-state index contributed by atoms with van der Waals surface area (Å²) in [5.74, 6) is 1.74.